The van der Waals surface area contributed by atoms with Gasteiger partial charge in [0.15, 0.2) is 16.6 Å². The van der Waals surface area contributed by atoms with Gasteiger partial charge < -0.3 is 24.1 Å². The zero-order valence-electron chi connectivity index (χ0n) is 23.9. The van der Waals surface area contributed by atoms with E-state index in [4.69, 9.17) is 18.9 Å². The van der Waals surface area contributed by atoms with Gasteiger partial charge in [0, 0.05) is 5.56 Å². The van der Waals surface area contributed by atoms with Gasteiger partial charge in [-0.25, -0.2) is 4.98 Å². The lowest BCUT2D eigenvalue weighted by atomic mass is 9.95. The number of thiazole rings is 1. The lowest BCUT2D eigenvalue weighted by Crippen LogP contribution is -2.29. The predicted octanol–water partition coefficient (Wildman–Crippen LogP) is 6.52. The summed E-state index contributed by atoms with van der Waals surface area (Å²) in [6.45, 7) is 7.14. The van der Waals surface area contributed by atoms with Crippen LogP contribution in [0.1, 0.15) is 44.4 Å². The number of aliphatic hydroxyl groups is 1. The molecule has 0 aliphatic carbocycles. The number of Topliss-reactive ketones (excluding diaryl/α,β-unsaturated/α-hetero) is 1. The number of hydrogen-bond donors (Lipinski definition) is 1. The molecule has 0 saturated carbocycles. The first-order valence-electron chi connectivity index (χ1n) is 13.8. The molecule has 10 heteroatoms. The molecule has 0 radical (unpaired) electrons. The van der Waals surface area contributed by atoms with Crippen molar-refractivity contribution < 1.29 is 33.6 Å². The topological polar surface area (TPSA) is 107 Å². The molecule has 1 saturated heterocycles. The van der Waals surface area contributed by atoms with E-state index in [-0.39, 0.29) is 11.3 Å². The number of ether oxygens (including phenoxy) is 4. The first-order valence-corrected chi connectivity index (χ1v) is 14.6. The Hall–Kier alpha value is -4.57. The van der Waals surface area contributed by atoms with Crippen molar-refractivity contribution >= 4 is 44.1 Å². The van der Waals surface area contributed by atoms with Crippen LogP contribution in [-0.2, 0) is 9.59 Å². The van der Waals surface area contributed by atoms with Crippen LogP contribution in [0.25, 0.3) is 16.0 Å². The van der Waals surface area contributed by atoms with Gasteiger partial charge in [-0.05, 0) is 80.4 Å². The Morgan fingerprint density at radius 3 is 2.33 bits per heavy atom. The van der Waals surface area contributed by atoms with E-state index in [1.54, 1.807) is 61.7 Å². The maximum Gasteiger partial charge on any atom is 0.301 e. The quantitative estimate of drug-likeness (QED) is 0.120. The normalized spacial score (nSPS) is 16.2. The van der Waals surface area contributed by atoms with Crippen LogP contribution in [-0.4, -0.2) is 48.7 Å². The second-order valence-electron chi connectivity index (χ2n) is 9.44. The number of methoxy groups -OCH3 is 1. The molecule has 42 heavy (non-hydrogen) atoms. The molecule has 1 unspecified atom stereocenters. The summed E-state index contributed by atoms with van der Waals surface area (Å²) < 4.78 is 23.4. The van der Waals surface area contributed by atoms with Crippen LogP contribution in [0.2, 0.25) is 0 Å². The average molecular weight is 589 g/mol. The van der Waals surface area contributed by atoms with Crippen LogP contribution in [0.3, 0.4) is 0 Å². The first kappa shape index (κ1) is 28.9. The van der Waals surface area contributed by atoms with Crippen molar-refractivity contribution in [3.63, 3.8) is 0 Å². The van der Waals surface area contributed by atoms with Gasteiger partial charge in [0.05, 0.1) is 48.8 Å². The van der Waals surface area contributed by atoms with Crippen molar-refractivity contribution in [3.8, 4) is 23.0 Å². The minimum Gasteiger partial charge on any atom is -0.507 e. The molecule has 1 aromatic heterocycles. The molecule has 1 N–H and O–H groups in total. The molecule has 2 heterocycles. The summed E-state index contributed by atoms with van der Waals surface area (Å²) in [6, 6.07) is 16.4. The van der Waals surface area contributed by atoms with Crippen molar-refractivity contribution in [1.29, 1.82) is 0 Å². The summed E-state index contributed by atoms with van der Waals surface area (Å²) in [6.07, 6.45) is 0.817. The highest BCUT2D eigenvalue weighted by Gasteiger charge is 2.48. The summed E-state index contributed by atoms with van der Waals surface area (Å²) in [5, 5.41) is 11.8. The fourth-order valence-corrected chi connectivity index (χ4v) is 5.81. The van der Waals surface area contributed by atoms with E-state index in [2.05, 4.69) is 4.98 Å². The van der Waals surface area contributed by atoms with E-state index in [1.165, 1.54) is 16.2 Å². The summed E-state index contributed by atoms with van der Waals surface area (Å²) in [5.74, 6) is 0.407. The number of rotatable bonds is 11. The number of ketones is 1. The van der Waals surface area contributed by atoms with Gasteiger partial charge in [-0.2, -0.15) is 0 Å². The third-order valence-electron chi connectivity index (χ3n) is 6.72. The van der Waals surface area contributed by atoms with Crippen LogP contribution in [0.4, 0.5) is 5.13 Å². The smallest absolute Gasteiger partial charge is 0.301 e. The summed E-state index contributed by atoms with van der Waals surface area (Å²) >= 11 is 1.26. The van der Waals surface area contributed by atoms with Crippen molar-refractivity contribution in [1.82, 2.24) is 4.98 Å². The lowest BCUT2D eigenvalue weighted by molar-refractivity contribution is -0.132. The molecule has 218 valence electrons. The van der Waals surface area contributed by atoms with Crippen LogP contribution < -0.4 is 23.8 Å². The molecule has 1 fully saturated rings. The van der Waals surface area contributed by atoms with Gasteiger partial charge in [-0.15, -0.1) is 0 Å². The molecule has 1 atom stereocenters. The monoisotopic (exact) mass is 588 g/mol. The Bertz CT molecular complexity index is 1640. The molecule has 1 aliphatic rings. The number of benzene rings is 3. The third kappa shape index (κ3) is 5.49. The standard InChI is InChI=1S/C32H32N2O7S/c1-5-16-41-24-15-10-20(17-25(24)40-7-3)28-27(29(35)19-8-11-21(12-9-19)39-6-2)30(36)31(37)34(28)32-33-23-14-13-22(38-4)18-26(23)42-32/h8-15,17-18,28,35H,5-7,16H2,1-4H3. The van der Waals surface area contributed by atoms with Crippen molar-refractivity contribution in [2.75, 3.05) is 31.8 Å². The molecule has 3 aromatic carbocycles. The number of carbonyl (C=O) groups excluding carboxylic acids is 2. The molecule has 1 amide bonds. The van der Waals surface area contributed by atoms with Crippen molar-refractivity contribution in [3.05, 3.63) is 77.4 Å². The number of anilines is 1. The third-order valence-corrected chi connectivity index (χ3v) is 7.74. The van der Waals surface area contributed by atoms with Crippen LogP contribution in [0.5, 0.6) is 23.0 Å². The SMILES string of the molecule is CCCOc1ccc(C2C(=C(O)c3ccc(OCC)cc3)C(=O)C(=O)N2c2nc3ccc(OC)cc3s2)cc1OCC. The minimum absolute atomic E-state index is 0.0503. The van der Waals surface area contributed by atoms with Gasteiger partial charge in [0.1, 0.15) is 17.3 Å². The zero-order chi connectivity index (χ0) is 29.8. The average Bonchev–Trinajstić information content (AvgIpc) is 3.54. The number of aliphatic hydroxyl groups excluding tert-OH is 1. The number of fused-ring (bicyclic) bond motifs is 1. The summed E-state index contributed by atoms with van der Waals surface area (Å²) in [7, 11) is 1.58. The van der Waals surface area contributed by atoms with Crippen LogP contribution in [0.15, 0.2) is 66.2 Å². The van der Waals surface area contributed by atoms with Crippen molar-refractivity contribution in [2.24, 2.45) is 0 Å². The molecule has 4 aromatic rings. The minimum atomic E-state index is -0.974. The van der Waals surface area contributed by atoms with Gasteiger partial charge in [-0.3, -0.25) is 14.5 Å². The Kier molecular flexibility index (Phi) is 8.63. The molecule has 5 rings (SSSR count). The zero-order valence-corrected chi connectivity index (χ0v) is 24.7. The highest BCUT2D eigenvalue weighted by molar-refractivity contribution is 7.22. The highest BCUT2D eigenvalue weighted by Crippen LogP contribution is 2.46. The van der Waals surface area contributed by atoms with Crippen LogP contribution >= 0.6 is 11.3 Å². The van der Waals surface area contributed by atoms with E-state index >= 15 is 0 Å². The van der Waals surface area contributed by atoms with Crippen LogP contribution in [0, 0.1) is 0 Å². The number of carbonyl (C=O) groups is 2. The number of hydrogen-bond acceptors (Lipinski definition) is 9. The maximum atomic E-state index is 13.7. The van der Waals surface area contributed by atoms with Gasteiger partial charge >= 0.3 is 5.91 Å². The second-order valence-corrected chi connectivity index (χ2v) is 10.5. The molecule has 0 bridgehead atoms. The first-order chi connectivity index (χ1) is 20.4. The summed E-state index contributed by atoms with van der Waals surface area (Å²) in [4.78, 5) is 33.4. The van der Waals surface area contributed by atoms with Gasteiger partial charge in [-0.1, -0.05) is 24.3 Å². The fraction of sp³-hybridized carbons (Fsp3) is 0.281. The lowest BCUT2D eigenvalue weighted by Gasteiger charge is -2.24. The second kappa shape index (κ2) is 12.5. The van der Waals surface area contributed by atoms with Gasteiger partial charge in [0.2, 0.25) is 0 Å². The molecular weight excluding hydrogens is 556 g/mol. The number of nitrogens with zero attached hydrogens (tertiary/aromatic N) is 2. The Balaban J connectivity index is 1.69. The van der Waals surface area contributed by atoms with E-state index in [0.717, 1.165) is 11.1 Å². The highest BCUT2D eigenvalue weighted by atomic mass is 32.1. The van der Waals surface area contributed by atoms with Gasteiger partial charge in [0.25, 0.3) is 5.78 Å². The van der Waals surface area contributed by atoms with E-state index in [0.29, 0.717) is 64.6 Å². The number of amides is 1. The predicted molar refractivity (Wildman–Crippen MR) is 162 cm³/mol. The number of aromatic nitrogens is 1. The Labute approximate surface area is 247 Å². The Morgan fingerprint density at radius 2 is 1.64 bits per heavy atom. The largest absolute Gasteiger partial charge is 0.507 e. The van der Waals surface area contributed by atoms with E-state index in [1.807, 2.05) is 26.8 Å². The molecular formula is C32H32N2O7S. The maximum absolute atomic E-state index is 13.7. The molecule has 0 spiro atoms. The summed E-state index contributed by atoms with van der Waals surface area (Å²) in [5.41, 5.74) is 1.54. The van der Waals surface area contributed by atoms with Crippen molar-refractivity contribution in [2.45, 2.75) is 33.2 Å². The van der Waals surface area contributed by atoms with E-state index < -0.39 is 17.7 Å². The Morgan fingerprint density at radius 1 is 0.905 bits per heavy atom. The molecule has 9 nitrogen and oxygen atoms in total. The molecule has 1 aliphatic heterocycles. The van der Waals surface area contributed by atoms with E-state index in [9.17, 15) is 14.7 Å². The fourth-order valence-electron chi connectivity index (χ4n) is 4.79.